The van der Waals surface area contributed by atoms with E-state index in [4.69, 9.17) is 0 Å². The smallest absolute Gasteiger partial charge is 0.256 e. The molecule has 0 aliphatic carbocycles. The first-order chi connectivity index (χ1) is 13.6. The number of aryl methyl sites for hydroxylation is 2. The normalized spacial score (nSPS) is 15.3. The second kappa shape index (κ2) is 8.15. The van der Waals surface area contributed by atoms with Crippen molar-refractivity contribution in [3.05, 3.63) is 76.0 Å². The summed E-state index contributed by atoms with van der Waals surface area (Å²) in [6.07, 6.45) is 1.81. The van der Waals surface area contributed by atoms with E-state index in [1.165, 1.54) is 17.8 Å². The number of aromatic nitrogens is 1. The molecule has 3 aromatic rings. The molecule has 1 aromatic heterocycles. The van der Waals surface area contributed by atoms with Crippen LogP contribution >= 0.6 is 0 Å². The van der Waals surface area contributed by atoms with E-state index >= 15 is 0 Å². The van der Waals surface area contributed by atoms with Crippen molar-refractivity contribution in [3.63, 3.8) is 0 Å². The van der Waals surface area contributed by atoms with Gasteiger partial charge in [-0.25, -0.2) is 4.39 Å². The molecular weight excluding hydrogens is 353 g/mol. The van der Waals surface area contributed by atoms with Gasteiger partial charge in [-0.15, -0.1) is 0 Å². The molecular formula is C23H26FN3O. The number of nitrogens with zero attached hydrogens (tertiary/aromatic N) is 2. The molecule has 0 radical (unpaired) electrons. The highest BCUT2D eigenvalue weighted by Gasteiger charge is 2.16. The van der Waals surface area contributed by atoms with Crippen LogP contribution < -0.4 is 10.5 Å². The maximum atomic E-state index is 13.6. The van der Waals surface area contributed by atoms with E-state index in [2.05, 4.69) is 45.1 Å². The summed E-state index contributed by atoms with van der Waals surface area (Å²) in [5, 5.41) is 1.27. The van der Waals surface area contributed by atoms with E-state index in [1.807, 2.05) is 13.0 Å². The Morgan fingerprint density at radius 2 is 1.75 bits per heavy atom. The molecule has 0 bridgehead atoms. The zero-order valence-electron chi connectivity index (χ0n) is 16.2. The van der Waals surface area contributed by atoms with Gasteiger partial charge < -0.3 is 9.88 Å². The average molecular weight is 379 g/mol. The van der Waals surface area contributed by atoms with Crippen LogP contribution in [0.2, 0.25) is 0 Å². The Morgan fingerprint density at radius 3 is 2.50 bits per heavy atom. The predicted octanol–water partition coefficient (Wildman–Crippen LogP) is 3.73. The molecule has 4 nitrogen and oxygen atoms in total. The molecule has 146 valence electrons. The first-order valence-electron chi connectivity index (χ1n) is 9.94. The highest BCUT2D eigenvalue weighted by Crippen LogP contribution is 2.19. The van der Waals surface area contributed by atoms with Crippen LogP contribution in [0, 0.1) is 12.7 Å². The summed E-state index contributed by atoms with van der Waals surface area (Å²) < 4.78 is 13.6. The second-order valence-electron chi connectivity index (χ2n) is 7.58. The first kappa shape index (κ1) is 18.7. The standard InChI is InChI=1S/C23H26FN3O/c1-17-14-18(24)15-22-21(17)16-19(25-23(22)28)6-5-9-26-10-12-27(13-11-26)20-7-3-2-4-8-20/h2-4,7-8,14-16H,5-6,9-13H2,1H3,(H,25,28). The van der Waals surface area contributed by atoms with Crippen molar-refractivity contribution >= 4 is 16.5 Å². The van der Waals surface area contributed by atoms with Gasteiger partial charge >= 0.3 is 0 Å². The third-order valence-electron chi connectivity index (χ3n) is 5.60. The maximum absolute atomic E-state index is 13.6. The number of hydrogen-bond acceptors (Lipinski definition) is 3. The van der Waals surface area contributed by atoms with E-state index < -0.39 is 0 Å². The van der Waals surface area contributed by atoms with E-state index in [-0.39, 0.29) is 11.4 Å². The Hall–Kier alpha value is -2.66. The Bertz CT molecular complexity index is 1010. The first-order valence-corrected chi connectivity index (χ1v) is 9.94. The number of hydrogen-bond donors (Lipinski definition) is 1. The van der Waals surface area contributed by atoms with E-state index in [9.17, 15) is 9.18 Å². The second-order valence-corrected chi connectivity index (χ2v) is 7.58. The molecule has 1 N–H and O–H groups in total. The molecule has 1 aliphatic heterocycles. The van der Waals surface area contributed by atoms with Crippen molar-refractivity contribution in [1.29, 1.82) is 0 Å². The Kier molecular flexibility index (Phi) is 5.44. The Balaban J connectivity index is 1.33. The van der Waals surface area contributed by atoms with Crippen LogP contribution in [-0.4, -0.2) is 42.6 Å². The lowest BCUT2D eigenvalue weighted by atomic mass is 10.0. The average Bonchev–Trinajstić information content (AvgIpc) is 2.70. The molecule has 5 heteroatoms. The zero-order valence-corrected chi connectivity index (χ0v) is 16.2. The largest absolute Gasteiger partial charge is 0.369 e. The summed E-state index contributed by atoms with van der Waals surface area (Å²) in [5.41, 5.74) is 2.82. The monoisotopic (exact) mass is 379 g/mol. The fraction of sp³-hybridized carbons (Fsp3) is 0.348. The van der Waals surface area contributed by atoms with Gasteiger partial charge in [0.15, 0.2) is 0 Å². The van der Waals surface area contributed by atoms with Crippen LogP contribution in [0.3, 0.4) is 0 Å². The summed E-state index contributed by atoms with van der Waals surface area (Å²) in [5.74, 6) is -0.363. The number of halogens is 1. The lowest BCUT2D eigenvalue weighted by Crippen LogP contribution is -2.46. The fourth-order valence-corrected chi connectivity index (χ4v) is 4.05. The van der Waals surface area contributed by atoms with E-state index in [1.54, 1.807) is 0 Å². The number of rotatable bonds is 5. The van der Waals surface area contributed by atoms with Gasteiger partial charge in [-0.2, -0.15) is 0 Å². The third kappa shape index (κ3) is 4.09. The van der Waals surface area contributed by atoms with Gasteiger partial charge in [0.2, 0.25) is 0 Å². The maximum Gasteiger partial charge on any atom is 0.256 e. The highest BCUT2D eigenvalue weighted by molar-refractivity contribution is 5.85. The Morgan fingerprint density at radius 1 is 1.00 bits per heavy atom. The molecule has 1 fully saturated rings. The molecule has 0 amide bonds. The van der Waals surface area contributed by atoms with Crippen molar-refractivity contribution in [2.24, 2.45) is 0 Å². The minimum Gasteiger partial charge on any atom is -0.369 e. The number of aromatic amines is 1. The predicted molar refractivity (Wildman–Crippen MR) is 113 cm³/mol. The van der Waals surface area contributed by atoms with Crippen molar-refractivity contribution in [1.82, 2.24) is 9.88 Å². The van der Waals surface area contributed by atoms with Crippen LogP contribution in [0.1, 0.15) is 17.7 Å². The van der Waals surface area contributed by atoms with Gasteiger partial charge in [-0.3, -0.25) is 9.69 Å². The molecule has 0 unspecified atom stereocenters. The molecule has 28 heavy (non-hydrogen) atoms. The van der Waals surface area contributed by atoms with E-state index in [0.29, 0.717) is 5.39 Å². The topological polar surface area (TPSA) is 39.3 Å². The highest BCUT2D eigenvalue weighted by atomic mass is 19.1. The molecule has 0 saturated carbocycles. The number of H-pyrrole nitrogens is 1. The SMILES string of the molecule is Cc1cc(F)cc2c(=O)[nH]c(CCCN3CCN(c4ccccc4)CC3)cc12. The summed E-state index contributed by atoms with van der Waals surface area (Å²) in [4.78, 5) is 20.1. The van der Waals surface area contributed by atoms with Crippen molar-refractivity contribution in [2.45, 2.75) is 19.8 Å². The summed E-state index contributed by atoms with van der Waals surface area (Å²) in [6, 6.07) is 15.4. The van der Waals surface area contributed by atoms with Crippen LogP contribution in [0.25, 0.3) is 10.8 Å². The van der Waals surface area contributed by atoms with Crippen LogP contribution in [0.5, 0.6) is 0 Å². The van der Waals surface area contributed by atoms with Crippen LogP contribution in [0.15, 0.2) is 53.3 Å². The number of piperazine rings is 1. The Labute approximate surface area is 164 Å². The molecule has 0 spiro atoms. The lowest BCUT2D eigenvalue weighted by molar-refractivity contribution is 0.255. The molecule has 4 rings (SSSR count). The quantitative estimate of drug-likeness (QED) is 0.734. The molecule has 2 aromatic carbocycles. The third-order valence-corrected chi connectivity index (χ3v) is 5.60. The number of anilines is 1. The summed E-state index contributed by atoms with van der Waals surface area (Å²) in [7, 11) is 0. The van der Waals surface area contributed by atoms with Crippen molar-refractivity contribution < 1.29 is 4.39 Å². The number of nitrogens with one attached hydrogen (secondary N) is 1. The summed E-state index contributed by atoms with van der Waals surface area (Å²) >= 11 is 0. The van der Waals surface area contributed by atoms with Crippen molar-refractivity contribution in [3.8, 4) is 0 Å². The minimum absolute atomic E-state index is 0.202. The van der Waals surface area contributed by atoms with E-state index in [0.717, 1.165) is 62.2 Å². The lowest BCUT2D eigenvalue weighted by Gasteiger charge is -2.36. The molecule has 1 saturated heterocycles. The molecule has 2 heterocycles. The van der Waals surface area contributed by atoms with Crippen LogP contribution in [0.4, 0.5) is 10.1 Å². The number of pyridine rings is 1. The summed E-state index contributed by atoms with van der Waals surface area (Å²) in [6.45, 7) is 7.07. The van der Waals surface area contributed by atoms with Gasteiger partial charge in [0.05, 0.1) is 5.39 Å². The van der Waals surface area contributed by atoms with Gasteiger partial charge in [0, 0.05) is 37.6 Å². The van der Waals surface area contributed by atoms with Crippen LogP contribution in [-0.2, 0) is 6.42 Å². The van der Waals surface area contributed by atoms with Gasteiger partial charge in [0.25, 0.3) is 5.56 Å². The van der Waals surface area contributed by atoms with Gasteiger partial charge in [-0.05, 0) is 67.6 Å². The molecule has 0 atom stereocenters. The van der Waals surface area contributed by atoms with Gasteiger partial charge in [0.1, 0.15) is 5.82 Å². The fourth-order valence-electron chi connectivity index (χ4n) is 4.05. The molecule has 1 aliphatic rings. The minimum atomic E-state index is -0.363. The number of benzene rings is 2. The number of para-hydroxylation sites is 1. The zero-order chi connectivity index (χ0) is 19.5. The van der Waals surface area contributed by atoms with Crippen molar-refractivity contribution in [2.75, 3.05) is 37.6 Å². The van der Waals surface area contributed by atoms with Gasteiger partial charge in [-0.1, -0.05) is 18.2 Å². The number of fused-ring (bicyclic) bond motifs is 1.